The van der Waals surface area contributed by atoms with Gasteiger partial charge in [0.05, 0.1) is 49.4 Å². The molecule has 1 aliphatic carbocycles. The van der Waals surface area contributed by atoms with Crippen LogP contribution < -0.4 is 26.7 Å². The number of cyclic esters (lactones) is 1. The van der Waals surface area contributed by atoms with Crippen LogP contribution in [0.25, 0.3) is 33.4 Å². The van der Waals surface area contributed by atoms with Gasteiger partial charge in [0.1, 0.15) is 38.9 Å². The lowest BCUT2D eigenvalue weighted by molar-refractivity contribution is -0.172. The van der Waals surface area contributed by atoms with Crippen LogP contribution in [0.5, 0.6) is 0 Å². The summed E-state index contributed by atoms with van der Waals surface area (Å²) in [6, 6.07) is 20.3. The molecule has 0 saturated carbocycles. The van der Waals surface area contributed by atoms with Crippen molar-refractivity contribution in [2.45, 2.75) is 57.7 Å². The van der Waals surface area contributed by atoms with Crippen LogP contribution in [-0.2, 0) is 47.3 Å². The topological polar surface area (TPSA) is 196 Å². The molecule has 2 aromatic heterocycles. The normalized spacial score (nSPS) is 16.1. The first-order valence-electron chi connectivity index (χ1n) is 19.9. The molecule has 5 aromatic rings. The Labute approximate surface area is 350 Å². The van der Waals surface area contributed by atoms with Crippen LogP contribution in [-0.4, -0.2) is 79.9 Å². The summed E-state index contributed by atoms with van der Waals surface area (Å²) in [4.78, 5) is 68.6. The number of benzene rings is 3. The van der Waals surface area contributed by atoms with Crippen molar-refractivity contribution >= 4 is 53.9 Å². The summed E-state index contributed by atoms with van der Waals surface area (Å²) in [7, 11) is -2.28. The summed E-state index contributed by atoms with van der Waals surface area (Å²) >= 11 is 0. The van der Waals surface area contributed by atoms with E-state index in [9.17, 15) is 29.1 Å². The minimum absolute atomic E-state index is 0.00157. The zero-order chi connectivity index (χ0) is 43.2. The number of fused-ring (bicyclic) bond motifs is 8. The highest BCUT2D eigenvalue weighted by Crippen LogP contribution is 2.45. The van der Waals surface area contributed by atoms with Gasteiger partial charge >= 0.3 is 18.2 Å². The number of hydrogen-bond donors (Lipinski definition) is 4. The van der Waals surface area contributed by atoms with Crippen molar-refractivity contribution in [2.24, 2.45) is 0 Å². The Morgan fingerprint density at radius 1 is 0.951 bits per heavy atom. The highest BCUT2D eigenvalue weighted by atomic mass is 28.3. The van der Waals surface area contributed by atoms with Crippen LogP contribution in [0.2, 0.25) is 19.6 Å². The minimum atomic E-state index is -2.28. The second-order valence-corrected chi connectivity index (χ2v) is 21.1. The fourth-order valence-electron chi connectivity index (χ4n) is 8.46. The Bertz CT molecular complexity index is 2650. The van der Waals surface area contributed by atoms with Crippen molar-refractivity contribution in [3.63, 3.8) is 0 Å². The van der Waals surface area contributed by atoms with Gasteiger partial charge in [-0.1, -0.05) is 75.1 Å². The second-order valence-electron chi connectivity index (χ2n) is 16.1. The molecule has 4 N–H and O–H groups in total. The van der Waals surface area contributed by atoms with Gasteiger partial charge in [0.15, 0.2) is 5.60 Å². The number of halogens is 1. The third kappa shape index (κ3) is 7.64. The molecule has 4 heterocycles. The first-order valence-corrected chi connectivity index (χ1v) is 23.4. The van der Waals surface area contributed by atoms with E-state index in [2.05, 4.69) is 35.6 Å². The summed E-state index contributed by atoms with van der Waals surface area (Å²) < 4.78 is 38.3. The number of alkyl carbamates (subject to hydrolysis) is 1. The van der Waals surface area contributed by atoms with E-state index in [1.807, 2.05) is 48.5 Å². The lowest BCUT2D eigenvalue weighted by Gasteiger charge is -2.31. The van der Waals surface area contributed by atoms with E-state index in [4.69, 9.17) is 23.9 Å². The van der Waals surface area contributed by atoms with Gasteiger partial charge in [0, 0.05) is 22.9 Å². The van der Waals surface area contributed by atoms with Crippen molar-refractivity contribution in [3.05, 3.63) is 111 Å². The van der Waals surface area contributed by atoms with E-state index in [-0.39, 0.29) is 75.4 Å². The van der Waals surface area contributed by atoms with Gasteiger partial charge in [-0.3, -0.25) is 14.9 Å². The third-order valence-corrected chi connectivity index (χ3v) is 13.4. The maximum Gasteiger partial charge on any atom is 0.411 e. The van der Waals surface area contributed by atoms with Gasteiger partial charge < -0.3 is 39.3 Å². The minimum Gasteiger partial charge on any atom is -0.458 e. The fourth-order valence-corrected chi connectivity index (χ4v) is 10.6. The van der Waals surface area contributed by atoms with Crippen LogP contribution in [0.15, 0.2) is 71.5 Å². The maximum atomic E-state index is 15.6. The number of amides is 3. The lowest BCUT2D eigenvalue weighted by atomic mass is 9.86. The summed E-state index contributed by atoms with van der Waals surface area (Å²) in [5.74, 6) is -2.24. The van der Waals surface area contributed by atoms with E-state index >= 15 is 4.39 Å². The molecule has 3 amide bonds. The zero-order valence-corrected chi connectivity index (χ0v) is 35.0. The van der Waals surface area contributed by atoms with Gasteiger partial charge in [0.25, 0.3) is 5.56 Å². The van der Waals surface area contributed by atoms with Crippen LogP contribution in [0.1, 0.15) is 47.1 Å². The summed E-state index contributed by atoms with van der Waals surface area (Å²) in [5.41, 5.74) is 4.18. The van der Waals surface area contributed by atoms with Crippen LogP contribution in [0.4, 0.5) is 19.7 Å². The third-order valence-electron chi connectivity index (χ3n) is 11.3. The molecule has 316 valence electrons. The van der Waals surface area contributed by atoms with Crippen LogP contribution in [0, 0.1) is 5.82 Å². The predicted molar refractivity (Wildman–Crippen MR) is 224 cm³/mol. The number of carbonyl (C=O) groups excluding carboxylic acids is 4. The molecule has 0 unspecified atom stereocenters. The molecule has 2 aliphatic heterocycles. The molecular formula is C44H44FN5O10Si. The van der Waals surface area contributed by atoms with Gasteiger partial charge in [-0.25, -0.2) is 23.8 Å². The van der Waals surface area contributed by atoms with E-state index in [0.29, 0.717) is 22.3 Å². The number of anilines is 1. The van der Waals surface area contributed by atoms with E-state index in [1.54, 1.807) is 17.6 Å². The molecule has 15 nitrogen and oxygen atoms in total. The number of hydrogen-bond acceptors (Lipinski definition) is 11. The molecule has 3 aromatic carbocycles. The number of aliphatic hydroxyl groups is 1. The number of aromatic nitrogens is 2. The quantitative estimate of drug-likeness (QED) is 0.0428. The highest BCUT2D eigenvalue weighted by molar-refractivity contribution is 6.90. The standard InChI is InChI=1S/C44H44FN5O10Si/c1-5-44(56)32-17-36-38-29(20-50(36)40(52)31(32)22-59-41(44)53)39(61(2,3)4)28-16-35(33(45)18-34(28)48-38)49-43(55)58-15-14-57-23-47-37(51)19-46-42(54)60-21-30-26-12-8-6-10-24(26)25-11-7-9-13-27(25)30/h6-13,16-18,30,56H,5,14-15,19-23H2,1-4H3,(H,46,54)(H,47,51)(H,49,55)/t44-/m0/s1. The molecule has 0 bridgehead atoms. The Balaban J connectivity index is 0.835. The number of ether oxygens (including phenoxy) is 4. The number of pyridine rings is 2. The summed E-state index contributed by atoms with van der Waals surface area (Å²) in [6.07, 6.45) is -1.67. The highest BCUT2D eigenvalue weighted by Gasteiger charge is 2.46. The van der Waals surface area contributed by atoms with Crippen molar-refractivity contribution in [2.75, 3.05) is 38.4 Å². The molecule has 0 saturated heterocycles. The number of nitrogens with one attached hydrogen (secondary N) is 3. The van der Waals surface area contributed by atoms with E-state index in [0.717, 1.165) is 33.0 Å². The lowest BCUT2D eigenvalue weighted by Crippen LogP contribution is -2.44. The molecule has 1 atom stereocenters. The van der Waals surface area contributed by atoms with Crippen LogP contribution >= 0.6 is 0 Å². The molecule has 61 heavy (non-hydrogen) atoms. The Morgan fingerprint density at radius 3 is 2.34 bits per heavy atom. The van der Waals surface area contributed by atoms with Crippen molar-refractivity contribution in [1.82, 2.24) is 20.2 Å². The Morgan fingerprint density at radius 2 is 1.66 bits per heavy atom. The number of rotatable bonds is 12. The van der Waals surface area contributed by atoms with Gasteiger partial charge in [-0.05, 0) is 51.6 Å². The maximum absolute atomic E-state index is 15.6. The summed E-state index contributed by atoms with van der Waals surface area (Å²) in [6.45, 7) is 7.09. The first kappa shape index (κ1) is 41.3. The zero-order valence-electron chi connectivity index (χ0n) is 34.0. The molecular weight excluding hydrogens is 806 g/mol. The molecule has 17 heteroatoms. The van der Waals surface area contributed by atoms with E-state index < -0.39 is 49.1 Å². The van der Waals surface area contributed by atoms with Gasteiger partial charge in [0.2, 0.25) is 5.91 Å². The second kappa shape index (κ2) is 16.2. The van der Waals surface area contributed by atoms with Crippen molar-refractivity contribution in [3.8, 4) is 22.5 Å². The Kier molecular flexibility index (Phi) is 11.0. The molecule has 0 fully saturated rings. The predicted octanol–water partition coefficient (Wildman–Crippen LogP) is 4.94. The van der Waals surface area contributed by atoms with E-state index in [1.165, 1.54) is 12.1 Å². The van der Waals surface area contributed by atoms with Crippen molar-refractivity contribution in [1.29, 1.82) is 0 Å². The number of carbonyl (C=O) groups is 4. The number of esters is 1. The first-order chi connectivity index (χ1) is 29.2. The van der Waals surface area contributed by atoms with Gasteiger partial charge in [-0.15, -0.1) is 0 Å². The monoisotopic (exact) mass is 849 g/mol. The summed E-state index contributed by atoms with van der Waals surface area (Å²) in [5, 5.41) is 20.1. The Hall–Kier alpha value is -6.43. The van der Waals surface area contributed by atoms with Gasteiger partial charge in [-0.2, -0.15) is 0 Å². The smallest absolute Gasteiger partial charge is 0.411 e. The molecule has 3 aliphatic rings. The average molecular weight is 850 g/mol. The molecule has 0 spiro atoms. The fraction of sp³-hybridized carbons (Fsp3) is 0.318. The van der Waals surface area contributed by atoms with Crippen molar-refractivity contribution < 1.29 is 47.6 Å². The average Bonchev–Trinajstić information content (AvgIpc) is 3.76. The molecule has 8 rings (SSSR count). The largest absolute Gasteiger partial charge is 0.458 e. The molecule has 0 radical (unpaired) electrons. The van der Waals surface area contributed by atoms with Crippen LogP contribution in [0.3, 0.4) is 0 Å². The number of nitrogens with zero attached hydrogens (tertiary/aromatic N) is 2. The SMILES string of the molecule is CC[C@@]1(O)C(=O)OCc2c1cc1n(c2=O)Cc2c-1nc1cc(F)c(NC(=O)OCCOCNC(=O)CNC(=O)OCC3c4ccccc4-c4ccccc43)cc1c2[Si](C)(C)C.